The van der Waals surface area contributed by atoms with Gasteiger partial charge in [0, 0.05) is 6.54 Å². The first kappa shape index (κ1) is 11.8. The summed E-state index contributed by atoms with van der Waals surface area (Å²) in [6, 6.07) is 6.23. The first-order valence-electron chi connectivity index (χ1n) is 5.42. The largest absolute Gasteiger partial charge is 0.496 e. The maximum Gasteiger partial charge on any atom is 0.132 e. The highest BCUT2D eigenvalue weighted by Gasteiger charge is 2.16. The number of methoxy groups -OCH3 is 1. The minimum absolute atomic E-state index is 0.324. The van der Waals surface area contributed by atoms with Crippen molar-refractivity contribution in [3.05, 3.63) is 23.8 Å². The van der Waals surface area contributed by atoms with Gasteiger partial charge in [-0.15, -0.1) is 11.8 Å². The van der Waals surface area contributed by atoms with Gasteiger partial charge in [0.1, 0.15) is 5.75 Å². The van der Waals surface area contributed by atoms with Crippen LogP contribution in [-0.4, -0.2) is 32.2 Å². The van der Waals surface area contributed by atoms with Gasteiger partial charge in [-0.1, -0.05) is 6.07 Å². The summed E-state index contributed by atoms with van der Waals surface area (Å²) in [6.07, 6.45) is 0. The molecule has 1 aromatic carbocycles. The molecular formula is C12H17NO2S. The predicted octanol–water partition coefficient (Wildman–Crippen LogP) is 2.04. The lowest BCUT2D eigenvalue weighted by atomic mass is 10.2. The average molecular weight is 239 g/mol. The van der Waals surface area contributed by atoms with Crippen molar-refractivity contribution in [2.45, 2.75) is 17.2 Å². The number of benzene rings is 1. The molecule has 1 aliphatic rings. The summed E-state index contributed by atoms with van der Waals surface area (Å²) in [5, 5.41) is 3.74. The number of hydrogen-bond acceptors (Lipinski definition) is 4. The Hall–Kier alpha value is -0.710. The minimum Gasteiger partial charge on any atom is -0.496 e. The van der Waals surface area contributed by atoms with Crippen LogP contribution in [0.4, 0.5) is 0 Å². The molecule has 0 aliphatic carbocycles. The molecule has 1 atom stereocenters. The van der Waals surface area contributed by atoms with Gasteiger partial charge in [-0.2, -0.15) is 0 Å². The smallest absolute Gasteiger partial charge is 0.132 e. The van der Waals surface area contributed by atoms with Crippen molar-refractivity contribution >= 4 is 11.8 Å². The Morgan fingerprint density at radius 3 is 3.06 bits per heavy atom. The van der Waals surface area contributed by atoms with E-state index in [-0.39, 0.29) is 0 Å². The van der Waals surface area contributed by atoms with Gasteiger partial charge in [-0.3, -0.25) is 0 Å². The van der Waals surface area contributed by atoms with Crippen LogP contribution in [0.5, 0.6) is 5.75 Å². The maximum atomic E-state index is 5.43. The SMILES string of the molecule is COc1ccc(C)cc1SC1COCCN1. The normalized spacial score (nSPS) is 20.8. The van der Waals surface area contributed by atoms with E-state index in [0.717, 1.165) is 25.5 Å². The molecule has 88 valence electrons. The third-order valence-electron chi connectivity index (χ3n) is 2.48. The lowest BCUT2D eigenvalue weighted by Gasteiger charge is -2.24. The molecule has 3 nitrogen and oxygen atoms in total. The molecule has 1 aromatic rings. The molecule has 1 heterocycles. The zero-order valence-corrected chi connectivity index (χ0v) is 10.5. The van der Waals surface area contributed by atoms with Crippen LogP contribution in [0.15, 0.2) is 23.1 Å². The Morgan fingerprint density at radius 1 is 1.50 bits per heavy atom. The van der Waals surface area contributed by atoms with Gasteiger partial charge in [0.05, 0.1) is 30.6 Å². The molecule has 1 fully saturated rings. The maximum absolute atomic E-state index is 5.43. The zero-order chi connectivity index (χ0) is 11.4. The molecule has 1 saturated heterocycles. The quantitative estimate of drug-likeness (QED) is 0.874. The molecular weight excluding hydrogens is 222 g/mol. The molecule has 16 heavy (non-hydrogen) atoms. The second kappa shape index (κ2) is 5.57. The number of rotatable bonds is 3. The van der Waals surface area contributed by atoms with Crippen LogP contribution >= 0.6 is 11.8 Å². The lowest BCUT2D eigenvalue weighted by Crippen LogP contribution is -2.38. The van der Waals surface area contributed by atoms with E-state index in [1.807, 2.05) is 6.07 Å². The fraction of sp³-hybridized carbons (Fsp3) is 0.500. The van der Waals surface area contributed by atoms with Gasteiger partial charge in [0.25, 0.3) is 0 Å². The zero-order valence-electron chi connectivity index (χ0n) is 9.66. The second-order valence-corrected chi connectivity index (χ2v) is 5.03. The molecule has 0 spiro atoms. The lowest BCUT2D eigenvalue weighted by molar-refractivity contribution is 0.100. The van der Waals surface area contributed by atoms with Crippen molar-refractivity contribution in [2.75, 3.05) is 26.9 Å². The Labute approximate surface area is 101 Å². The monoisotopic (exact) mass is 239 g/mol. The average Bonchev–Trinajstić information content (AvgIpc) is 2.31. The van der Waals surface area contributed by atoms with Crippen LogP contribution in [0.3, 0.4) is 0 Å². The summed E-state index contributed by atoms with van der Waals surface area (Å²) in [5.74, 6) is 0.933. The van der Waals surface area contributed by atoms with Crippen molar-refractivity contribution in [2.24, 2.45) is 0 Å². The van der Waals surface area contributed by atoms with Gasteiger partial charge < -0.3 is 14.8 Å². The van der Waals surface area contributed by atoms with Crippen LogP contribution in [0.25, 0.3) is 0 Å². The summed E-state index contributed by atoms with van der Waals surface area (Å²) in [4.78, 5) is 1.17. The molecule has 0 aromatic heterocycles. The summed E-state index contributed by atoms with van der Waals surface area (Å²) in [5.41, 5.74) is 1.25. The van der Waals surface area contributed by atoms with E-state index in [1.54, 1.807) is 18.9 Å². The first-order chi connectivity index (χ1) is 7.79. The molecule has 0 radical (unpaired) electrons. The second-order valence-electron chi connectivity index (χ2n) is 3.79. The molecule has 0 amide bonds. The molecule has 4 heteroatoms. The topological polar surface area (TPSA) is 30.5 Å². The highest BCUT2D eigenvalue weighted by Crippen LogP contribution is 2.32. The molecule has 1 unspecified atom stereocenters. The van der Waals surface area contributed by atoms with E-state index in [0.29, 0.717) is 5.37 Å². The van der Waals surface area contributed by atoms with E-state index in [4.69, 9.17) is 9.47 Å². The minimum atomic E-state index is 0.324. The van der Waals surface area contributed by atoms with Crippen molar-refractivity contribution in [1.29, 1.82) is 0 Å². The van der Waals surface area contributed by atoms with Crippen molar-refractivity contribution in [1.82, 2.24) is 5.32 Å². The summed E-state index contributed by atoms with van der Waals surface area (Å²) in [7, 11) is 1.71. The van der Waals surface area contributed by atoms with E-state index in [2.05, 4.69) is 24.4 Å². The number of nitrogens with one attached hydrogen (secondary N) is 1. The predicted molar refractivity (Wildman–Crippen MR) is 66.2 cm³/mol. The first-order valence-corrected chi connectivity index (χ1v) is 6.30. The fourth-order valence-corrected chi connectivity index (χ4v) is 2.84. The summed E-state index contributed by atoms with van der Waals surface area (Å²) in [6.45, 7) is 4.57. The number of aryl methyl sites for hydroxylation is 1. The summed E-state index contributed by atoms with van der Waals surface area (Å²) >= 11 is 1.77. The van der Waals surface area contributed by atoms with Crippen LogP contribution < -0.4 is 10.1 Å². The Bertz CT molecular complexity index is 351. The van der Waals surface area contributed by atoms with Crippen molar-refractivity contribution < 1.29 is 9.47 Å². The van der Waals surface area contributed by atoms with E-state index in [1.165, 1.54) is 10.5 Å². The third kappa shape index (κ3) is 2.90. The molecule has 2 rings (SSSR count). The third-order valence-corrected chi connectivity index (χ3v) is 3.64. The number of morpholine rings is 1. The van der Waals surface area contributed by atoms with E-state index < -0.39 is 0 Å². The Kier molecular flexibility index (Phi) is 4.09. The molecule has 0 bridgehead atoms. The standard InChI is InChI=1S/C12H17NO2S/c1-9-3-4-10(14-2)11(7-9)16-12-8-15-6-5-13-12/h3-4,7,12-13H,5-6,8H2,1-2H3. The summed E-state index contributed by atoms with van der Waals surface area (Å²) < 4.78 is 10.8. The highest BCUT2D eigenvalue weighted by molar-refractivity contribution is 8.00. The molecule has 1 N–H and O–H groups in total. The molecule has 1 aliphatic heterocycles. The number of hydrogen-bond donors (Lipinski definition) is 1. The van der Waals surface area contributed by atoms with Gasteiger partial charge in [0.15, 0.2) is 0 Å². The van der Waals surface area contributed by atoms with Gasteiger partial charge in [0.2, 0.25) is 0 Å². The van der Waals surface area contributed by atoms with Crippen molar-refractivity contribution in [3.63, 3.8) is 0 Å². The number of ether oxygens (including phenoxy) is 2. The van der Waals surface area contributed by atoms with Crippen LogP contribution in [0.2, 0.25) is 0 Å². The highest BCUT2D eigenvalue weighted by atomic mass is 32.2. The van der Waals surface area contributed by atoms with E-state index in [9.17, 15) is 0 Å². The van der Waals surface area contributed by atoms with Gasteiger partial charge in [-0.25, -0.2) is 0 Å². The fourth-order valence-electron chi connectivity index (χ4n) is 1.65. The van der Waals surface area contributed by atoms with Crippen LogP contribution in [0, 0.1) is 6.92 Å². The van der Waals surface area contributed by atoms with Crippen LogP contribution in [0.1, 0.15) is 5.56 Å². The van der Waals surface area contributed by atoms with Gasteiger partial charge >= 0.3 is 0 Å². The number of thioether (sulfide) groups is 1. The Balaban J connectivity index is 2.09. The Morgan fingerprint density at radius 2 is 2.38 bits per heavy atom. The van der Waals surface area contributed by atoms with Crippen molar-refractivity contribution in [3.8, 4) is 5.75 Å². The molecule has 0 saturated carbocycles. The van der Waals surface area contributed by atoms with E-state index >= 15 is 0 Å². The van der Waals surface area contributed by atoms with Gasteiger partial charge in [-0.05, 0) is 24.6 Å². The van der Waals surface area contributed by atoms with Crippen LogP contribution in [-0.2, 0) is 4.74 Å².